The van der Waals surface area contributed by atoms with E-state index in [1.807, 2.05) is 18.3 Å². The Balaban J connectivity index is 1.19. The van der Waals surface area contributed by atoms with Crippen LogP contribution in [-0.2, 0) is 16.1 Å². The molecule has 0 radical (unpaired) electrons. The van der Waals surface area contributed by atoms with Crippen LogP contribution in [0.3, 0.4) is 0 Å². The number of nitrogens with one attached hydrogen (secondary N) is 2. The molecule has 2 aliphatic carbocycles. The third-order valence-electron chi connectivity index (χ3n) is 6.31. The number of likely N-dealkylation sites (tertiary alicyclic amines) is 1. The van der Waals surface area contributed by atoms with Crippen molar-refractivity contribution in [1.29, 1.82) is 0 Å². The van der Waals surface area contributed by atoms with Crippen molar-refractivity contribution in [2.75, 3.05) is 13.1 Å². The lowest BCUT2D eigenvalue weighted by Crippen LogP contribution is -2.45. The van der Waals surface area contributed by atoms with Gasteiger partial charge in [0.2, 0.25) is 11.8 Å². The molecule has 3 aliphatic rings. The summed E-state index contributed by atoms with van der Waals surface area (Å²) < 4.78 is 1.18. The smallest absolute Gasteiger partial charge is 0.328 e. The van der Waals surface area contributed by atoms with Gasteiger partial charge < -0.3 is 10.2 Å². The minimum Gasteiger partial charge on any atom is -0.348 e. The molecule has 0 aromatic carbocycles. The summed E-state index contributed by atoms with van der Waals surface area (Å²) in [5.74, 6) is 0.313. The van der Waals surface area contributed by atoms with Crippen LogP contribution in [-0.4, -0.2) is 49.9 Å². The second kappa shape index (κ2) is 6.40. The van der Waals surface area contributed by atoms with Gasteiger partial charge in [0.15, 0.2) is 0 Å². The standard InChI is InChI=1S/C20H21N5O4/c26-16-3-5-24(19(29)22-16)10-17(27)25-9-13-7-20(13,11-25)23-18(28)15-6-14(15)12-2-1-4-21-8-12/h1-5,8,13-15H,6-7,9-11H2,(H,23,28)(H,22,26,29)/t13-,14+,15-,20-/m1/s1. The van der Waals surface area contributed by atoms with Crippen molar-refractivity contribution in [1.82, 2.24) is 24.8 Å². The summed E-state index contributed by atoms with van der Waals surface area (Å²) in [6.45, 7) is 0.913. The Morgan fingerprint density at radius 2 is 2.17 bits per heavy atom. The van der Waals surface area contributed by atoms with Crippen molar-refractivity contribution in [3.63, 3.8) is 0 Å². The highest BCUT2D eigenvalue weighted by molar-refractivity contribution is 5.84. The van der Waals surface area contributed by atoms with Gasteiger partial charge in [-0.25, -0.2) is 4.79 Å². The molecule has 0 spiro atoms. The Bertz CT molecular complexity index is 1090. The molecule has 0 bridgehead atoms. The lowest BCUT2D eigenvalue weighted by Gasteiger charge is -2.22. The molecule has 3 heterocycles. The predicted molar refractivity (Wildman–Crippen MR) is 102 cm³/mol. The topological polar surface area (TPSA) is 117 Å². The summed E-state index contributed by atoms with van der Waals surface area (Å²) in [5, 5.41) is 3.19. The van der Waals surface area contributed by atoms with E-state index in [1.165, 1.54) is 16.8 Å². The molecule has 9 nitrogen and oxygen atoms in total. The van der Waals surface area contributed by atoms with E-state index in [9.17, 15) is 19.2 Å². The first-order chi connectivity index (χ1) is 13.9. The van der Waals surface area contributed by atoms with E-state index in [2.05, 4.69) is 15.3 Å². The summed E-state index contributed by atoms with van der Waals surface area (Å²) in [6, 6.07) is 5.09. The summed E-state index contributed by atoms with van der Waals surface area (Å²) in [6.07, 6.45) is 6.56. The quantitative estimate of drug-likeness (QED) is 0.705. The minimum atomic E-state index is -0.603. The van der Waals surface area contributed by atoms with Gasteiger partial charge in [-0.15, -0.1) is 0 Å². The van der Waals surface area contributed by atoms with Gasteiger partial charge in [0.05, 0.1) is 5.54 Å². The van der Waals surface area contributed by atoms with Crippen molar-refractivity contribution in [3.05, 3.63) is 63.2 Å². The van der Waals surface area contributed by atoms with Crippen molar-refractivity contribution < 1.29 is 9.59 Å². The van der Waals surface area contributed by atoms with Gasteiger partial charge in [0.25, 0.3) is 5.56 Å². The van der Waals surface area contributed by atoms with Crippen LogP contribution in [0, 0.1) is 11.8 Å². The average Bonchev–Trinajstić information content (AvgIpc) is 3.60. The van der Waals surface area contributed by atoms with E-state index in [1.54, 1.807) is 11.1 Å². The van der Waals surface area contributed by atoms with E-state index >= 15 is 0 Å². The van der Waals surface area contributed by atoms with Crippen LogP contribution in [0.4, 0.5) is 0 Å². The summed E-state index contributed by atoms with van der Waals surface area (Å²) in [7, 11) is 0. The van der Waals surface area contributed by atoms with Crippen LogP contribution in [0.15, 0.2) is 46.4 Å². The number of hydrogen-bond donors (Lipinski definition) is 2. The van der Waals surface area contributed by atoms with Crippen molar-refractivity contribution in [2.24, 2.45) is 11.8 Å². The lowest BCUT2D eigenvalue weighted by atomic mass is 10.1. The average molecular weight is 395 g/mol. The van der Waals surface area contributed by atoms with E-state index < -0.39 is 11.2 Å². The lowest BCUT2D eigenvalue weighted by molar-refractivity contribution is -0.132. The second-order valence-corrected chi connectivity index (χ2v) is 8.29. The molecule has 5 rings (SSSR count). The summed E-state index contributed by atoms with van der Waals surface area (Å²) >= 11 is 0. The Morgan fingerprint density at radius 3 is 2.93 bits per heavy atom. The zero-order valence-corrected chi connectivity index (χ0v) is 15.7. The van der Waals surface area contributed by atoms with Crippen molar-refractivity contribution in [3.8, 4) is 0 Å². The molecule has 0 unspecified atom stereocenters. The molecule has 3 fully saturated rings. The molecular weight excluding hydrogens is 374 g/mol. The molecule has 1 aliphatic heterocycles. The third-order valence-corrected chi connectivity index (χ3v) is 6.31. The number of aromatic amines is 1. The predicted octanol–water partition coefficient (Wildman–Crippen LogP) is -0.548. The number of hydrogen-bond acceptors (Lipinski definition) is 5. The monoisotopic (exact) mass is 395 g/mol. The number of H-pyrrole nitrogens is 1. The van der Waals surface area contributed by atoms with Gasteiger partial charge in [0.1, 0.15) is 6.54 Å². The zero-order chi connectivity index (χ0) is 20.2. The van der Waals surface area contributed by atoms with Crippen molar-refractivity contribution in [2.45, 2.75) is 30.8 Å². The maximum absolute atomic E-state index is 12.7. The van der Waals surface area contributed by atoms with Gasteiger partial charge >= 0.3 is 5.69 Å². The second-order valence-electron chi connectivity index (χ2n) is 8.29. The molecule has 9 heteroatoms. The van der Waals surface area contributed by atoms with Crippen LogP contribution in [0.5, 0.6) is 0 Å². The SMILES string of the molecule is O=C(N[C@@]12C[C@@H]1CN(C(=O)Cn1ccc(=O)[nH]c1=O)C2)[C@@H]1C[C@H]1c1cccnc1. The van der Waals surface area contributed by atoms with Crippen LogP contribution < -0.4 is 16.6 Å². The zero-order valence-electron chi connectivity index (χ0n) is 15.7. The van der Waals surface area contributed by atoms with Crippen LogP contribution in [0.1, 0.15) is 24.3 Å². The Hall–Kier alpha value is -3.23. The fraction of sp³-hybridized carbons (Fsp3) is 0.450. The van der Waals surface area contributed by atoms with Gasteiger partial charge in [-0.05, 0) is 30.4 Å². The van der Waals surface area contributed by atoms with E-state index in [4.69, 9.17) is 0 Å². The first-order valence-corrected chi connectivity index (χ1v) is 9.75. The summed E-state index contributed by atoms with van der Waals surface area (Å²) in [4.78, 5) is 56.2. The first kappa shape index (κ1) is 17.8. The van der Waals surface area contributed by atoms with Gasteiger partial charge in [-0.3, -0.25) is 28.9 Å². The molecule has 2 amide bonds. The molecule has 2 aromatic heterocycles. The summed E-state index contributed by atoms with van der Waals surface area (Å²) in [5.41, 5.74) is -0.335. The maximum atomic E-state index is 12.7. The Kier molecular flexibility index (Phi) is 3.94. The van der Waals surface area contributed by atoms with E-state index in [-0.39, 0.29) is 41.7 Å². The van der Waals surface area contributed by atoms with E-state index in [0.29, 0.717) is 13.1 Å². The molecule has 2 saturated carbocycles. The maximum Gasteiger partial charge on any atom is 0.328 e. The largest absolute Gasteiger partial charge is 0.348 e. The number of aromatic nitrogens is 3. The Labute approximate surface area is 165 Å². The Morgan fingerprint density at radius 1 is 1.31 bits per heavy atom. The fourth-order valence-electron chi connectivity index (χ4n) is 4.47. The van der Waals surface area contributed by atoms with E-state index in [0.717, 1.165) is 18.4 Å². The number of carbonyl (C=O) groups excluding carboxylic acids is 2. The number of amides is 2. The number of nitrogens with zero attached hydrogens (tertiary/aromatic N) is 3. The van der Waals surface area contributed by atoms with Crippen molar-refractivity contribution >= 4 is 11.8 Å². The van der Waals surface area contributed by atoms with Crippen LogP contribution in [0.2, 0.25) is 0 Å². The van der Waals surface area contributed by atoms with Crippen LogP contribution in [0.25, 0.3) is 0 Å². The molecule has 2 aromatic rings. The number of carbonyl (C=O) groups is 2. The number of piperidine rings is 1. The normalized spacial score (nSPS) is 29.2. The molecule has 2 N–H and O–H groups in total. The number of pyridine rings is 1. The van der Waals surface area contributed by atoms with Gasteiger partial charge in [0, 0.05) is 49.6 Å². The molecule has 4 atom stereocenters. The molecule has 29 heavy (non-hydrogen) atoms. The third kappa shape index (κ3) is 3.26. The fourth-order valence-corrected chi connectivity index (χ4v) is 4.47. The van der Waals surface area contributed by atoms with Gasteiger partial charge in [-0.2, -0.15) is 0 Å². The highest BCUT2D eigenvalue weighted by Gasteiger charge is 2.62. The minimum absolute atomic E-state index is 0.0284. The first-order valence-electron chi connectivity index (χ1n) is 9.75. The number of fused-ring (bicyclic) bond motifs is 1. The van der Waals surface area contributed by atoms with Crippen LogP contribution >= 0.6 is 0 Å². The number of rotatable bonds is 5. The highest BCUT2D eigenvalue weighted by atomic mass is 16.2. The molecular formula is C20H21N5O4. The highest BCUT2D eigenvalue weighted by Crippen LogP contribution is 2.52. The molecule has 1 saturated heterocycles. The van der Waals surface area contributed by atoms with Gasteiger partial charge in [-0.1, -0.05) is 6.07 Å². The molecule has 150 valence electrons.